The van der Waals surface area contributed by atoms with Gasteiger partial charge in [0, 0.05) is 15.3 Å². The number of hydrogen-bond donors (Lipinski definition) is 1. The van der Waals surface area contributed by atoms with Gasteiger partial charge < -0.3 is 9.72 Å². The third-order valence-electron chi connectivity index (χ3n) is 2.05. The molecule has 0 fully saturated rings. The SMILES string of the molecule is COc1cccc(-c2[nH]ccc2I)c1. The van der Waals surface area contributed by atoms with Gasteiger partial charge in [-0.05, 0) is 40.8 Å². The van der Waals surface area contributed by atoms with Gasteiger partial charge in [-0.25, -0.2) is 0 Å². The molecule has 0 aliphatic carbocycles. The number of H-pyrrole nitrogens is 1. The van der Waals surface area contributed by atoms with E-state index in [1.54, 1.807) is 7.11 Å². The fourth-order valence-electron chi connectivity index (χ4n) is 1.35. The monoisotopic (exact) mass is 299 g/mol. The molecule has 72 valence electrons. The molecule has 14 heavy (non-hydrogen) atoms. The highest BCUT2D eigenvalue weighted by Crippen LogP contribution is 2.26. The summed E-state index contributed by atoms with van der Waals surface area (Å²) >= 11 is 2.31. The van der Waals surface area contributed by atoms with Gasteiger partial charge in [-0.1, -0.05) is 12.1 Å². The summed E-state index contributed by atoms with van der Waals surface area (Å²) in [6.45, 7) is 0. The van der Waals surface area contributed by atoms with Crippen molar-refractivity contribution in [1.82, 2.24) is 4.98 Å². The Morgan fingerprint density at radius 3 is 2.79 bits per heavy atom. The van der Waals surface area contributed by atoms with Crippen LogP contribution in [-0.2, 0) is 0 Å². The van der Waals surface area contributed by atoms with Crippen molar-refractivity contribution >= 4 is 22.6 Å². The number of methoxy groups -OCH3 is 1. The Hall–Kier alpha value is -0.970. The van der Waals surface area contributed by atoms with Crippen LogP contribution in [-0.4, -0.2) is 12.1 Å². The summed E-state index contributed by atoms with van der Waals surface area (Å²) in [6, 6.07) is 10.1. The lowest BCUT2D eigenvalue weighted by Gasteiger charge is -2.03. The Morgan fingerprint density at radius 1 is 1.29 bits per heavy atom. The first kappa shape index (κ1) is 9.58. The van der Waals surface area contributed by atoms with Crippen molar-refractivity contribution in [1.29, 1.82) is 0 Å². The van der Waals surface area contributed by atoms with Crippen LogP contribution in [0.25, 0.3) is 11.3 Å². The van der Waals surface area contributed by atoms with Gasteiger partial charge in [-0.3, -0.25) is 0 Å². The minimum absolute atomic E-state index is 0.882. The number of hydrogen-bond acceptors (Lipinski definition) is 1. The van der Waals surface area contributed by atoms with Crippen LogP contribution in [0, 0.1) is 3.57 Å². The van der Waals surface area contributed by atoms with E-state index in [1.807, 2.05) is 24.4 Å². The molecule has 1 aromatic carbocycles. The molecular formula is C11H10INO. The zero-order valence-electron chi connectivity index (χ0n) is 7.75. The predicted octanol–water partition coefficient (Wildman–Crippen LogP) is 3.29. The summed E-state index contributed by atoms with van der Waals surface area (Å²) in [4.78, 5) is 3.21. The lowest BCUT2D eigenvalue weighted by molar-refractivity contribution is 0.415. The number of aromatic nitrogens is 1. The molecule has 0 atom stereocenters. The molecule has 2 rings (SSSR count). The smallest absolute Gasteiger partial charge is 0.119 e. The standard InChI is InChI=1S/C11H10INO/c1-14-9-4-2-3-8(7-9)11-10(12)5-6-13-11/h2-7,13H,1H3. The summed E-state index contributed by atoms with van der Waals surface area (Å²) in [6.07, 6.45) is 1.94. The van der Waals surface area contributed by atoms with E-state index in [4.69, 9.17) is 4.74 Å². The lowest BCUT2D eigenvalue weighted by atomic mass is 10.1. The normalized spacial score (nSPS) is 10.1. The first-order valence-corrected chi connectivity index (χ1v) is 5.36. The van der Waals surface area contributed by atoms with Crippen molar-refractivity contribution in [2.24, 2.45) is 0 Å². The first-order valence-electron chi connectivity index (χ1n) is 4.28. The third-order valence-corrected chi connectivity index (χ3v) is 2.95. The van der Waals surface area contributed by atoms with Crippen LogP contribution in [0.5, 0.6) is 5.75 Å². The molecule has 0 aliphatic heterocycles. The van der Waals surface area contributed by atoms with Gasteiger partial charge >= 0.3 is 0 Å². The second-order valence-electron chi connectivity index (χ2n) is 2.93. The fraction of sp³-hybridized carbons (Fsp3) is 0.0909. The molecule has 1 N–H and O–H groups in total. The Bertz CT molecular complexity index is 436. The number of aromatic amines is 1. The molecule has 0 aliphatic rings. The Kier molecular flexibility index (Phi) is 2.77. The summed E-state index contributed by atoms with van der Waals surface area (Å²) in [5.41, 5.74) is 2.29. The number of halogens is 1. The van der Waals surface area contributed by atoms with Crippen LogP contribution in [0.2, 0.25) is 0 Å². The Morgan fingerprint density at radius 2 is 2.14 bits per heavy atom. The highest BCUT2D eigenvalue weighted by Gasteiger charge is 2.03. The van der Waals surface area contributed by atoms with E-state index in [9.17, 15) is 0 Å². The van der Waals surface area contributed by atoms with E-state index >= 15 is 0 Å². The second-order valence-corrected chi connectivity index (χ2v) is 4.09. The van der Waals surface area contributed by atoms with Crippen LogP contribution < -0.4 is 4.74 Å². The van der Waals surface area contributed by atoms with E-state index in [1.165, 1.54) is 3.57 Å². The van der Waals surface area contributed by atoms with Gasteiger partial charge in [-0.15, -0.1) is 0 Å². The lowest BCUT2D eigenvalue weighted by Crippen LogP contribution is -1.84. The molecule has 2 nitrogen and oxygen atoms in total. The zero-order chi connectivity index (χ0) is 9.97. The molecule has 0 amide bonds. The predicted molar refractivity (Wildman–Crippen MR) is 65.5 cm³/mol. The van der Waals surface area contributed by atoms with Crippen LogP contribution in [0.15, 0.2) is 36.5 Å². The fourth-order valence-corrected chi connectivity index (χ4v) is 2.00. The summed E-state index contributed by atoms with van der Waals surface area (Å²) in [5, 5.41) is 0. The van der Waals surface area contributed by atoms with Crippen molar-refractivity contribution in [2.45, 2.75) is 0 Å². The van der Waals surface area contributed by atoms with Crippen LogP contribution >= 0.6 is 22.6 Å². The van der Waals surface area contributed by atoms with Gasteiger partial charge in [0.2, 0.25) is 0 Å². The third kappa shape index (κ3) is 1.77. The van der Waals surface area contributed by atoms with Crippen molar-refractivity contribution < 1.29 is 4.74 Å². The summed E-state index contributed by atoms with van der Waals surface area (Å²) < 4.78 is 6.39. The number of benzene rings is 1. The summed E-state index contributed by atoms with van der Waals surface area (Å²) in [7, 11) is 1.68. The van der Waals surface area contributed by atoms with Crippen molar-refractivity contribution in [3.05, 3.63) is 40.1 Å². The van der Waals surface area contributed by atoms with Crippen LogP contribution in [0.1, 0.15) is 0 Å². The molecule has 0 saturated carbocycles. The average Bonchev–Trinajstić information content (AvgIpc) is 2.65. The maximum atomic E-state index is 5.18. The highest BCUT2D eigenvalue weighted by atomic mass is 127. The van der Waals surface area contributed by atoms with Gasteiger partial charge in [0.05, 0.1) is 12.8 Å². The molecule has 3 heteroatoms. The molecular weight excluding hydrogens is 289 g/mol. The van der Waals surface area contributed by atoms with Gasteiger partial charge in [0.1, 0.15) is 5.75 Å². The van der Waals surface area contributed by atoms with Crippen molar-refractivity contribution in [2.75, 3.05) is 7.11 Å². The summed E-state index contributed by atoms with van der Waals surface area (Å²) in [5.74, 6) is 0.882. The topological polar surface area (TPSA) is 25.0 Å². The van der Waals surface area contributed by atoms with Crippen molar-refractivity contribution in [3.8, 4) is 17.0 Å². The Labute approximate surface area is 96.4 Å². The molecule has 0 bridgehead atoms. The Balaban J connectivity index is 2.47. The highest BCUT2D eigenvalue weighted by molar-refractivity contribution is 14.1. The molecule has 2 aromatic rings. The van der Waals surface area contributed by atoms with Crippen molar-refractivity contribution in [3.63, 3.8) is 0 Å². The van der Waals surface area contributed by atoms with Gasteiger partial charge in [-0.2, -0.15) is 0 Å². The van der Waals surface area contributed by atoms with E-state index in [2.05, 4.69) is 39.7 Å². The van der Waals surface area contributed by atoms with E-state index in [0.717, 1.165) is 17.0 Å². The molecule has 0 unspecified atom stereocenters. The minimum Gasteiger partial charge on any atom is -0.497 e. The van der Waals surface area contributed by atoms with Gasteiger partial charge in [0.25, 0.3) is 0 Å². The number of nitrogens with one attached hydrogen (secondary N) is 1. The maximum Gasteiger partial charge on any atom is 0.119 e. The zero-order valence-corrected chi connectivity index (χ0v) is 9.91. The first-order chi connectivity index (χ1) is 6.81. The van der Waals surface area contributed by atoms with Crippen LogP contribution in [0.4, 0.5) is 0 Å². The second kappa shape index (κ2) is 4.04. The van der Waals surface area contributed by atoms with E-state index in [-0.39, 0.29) is 0 Å². The van der Waals surface area contributed by atoms with Gasteiger partial charge in [0.15, 0.2) is 0 Å². The average molecular weight is 299 g/mol. The minimum atomic E-state index is 0.882. The van der Waals surface area contributed by atoms with Crippen LogP contribution in [0.3, 0.4) is 0 Å². The molecule has 0 saturated heterocycles. The van der Waals surface area contributed by atoms with E-state index < -0.39 is 0 Å². The molecule has 1 heterocycles. The quantitative estimate of drug-likeness (QED) is 0.846. The number of ether oxygens (including phenoxy) is 1. The molecule has 0 spiro atoms. The molecule has 0 radical (unpaired) electrons. The van der Waals surface area contributed by atoms with E-state index in [0.29, 0.717) is 0 Å². The molecule has 1 aromatic heterocycles. The maximum absolute atomic E-state index is 5.18. The number of rotatable bonds is 2. The largest absolute Gasteiger partial charge is 0.497 e.